The van der Waals surface area contributed by atoms with E-state index in [0.29, 0.717) is 23.2 Å². The monoisotopic (exact) mass is 386 g/mol. The molecule has 0 aromatic carbocycles. The number of urea groups is 1. The molecule has 3 aromatic rings. The van der Waals surface area contributed by atoms with Crippen LogP contribution >= 0.6 is 22.9 Å². The van der Waals surface area contributed by atoms with Gasteiger partial charge in [-0.3, -0.25) is 15.0 Å². The van der Waals surface area contributed by atoms with Crippen LogP contribution in [0.1, 0.15) is 16.1 Å². The molecule has 132 valence electrons. The summed E-state index contributed by atoms with van der Waals surface area (Å²) in [6.45, 7) is 2.81. The standard InChI is InChI=1S/C17H15ClN6OS/c1-12-15(3-2-13-4-6-19-7-5-13)26-17(22-12)23-16(25)20-8-9-24-11-14(18)10-21-24/h4-7,10-11H,8-9H2,1H3,(H2,20,22,23,25). The zero-order valence-electron chi connectivity index (χ0n) is 13.9. The molecule has 3 heterocycles. The smallest absolute Gasteiger partial charge is 0.321 e. The lowest BCUT2D eigenvalue weighted by Crippen LogP contribution is -2.31. The van der Waals surface area contributed by atoms with E-state index in [9.17, 15) is 4.79 Å². The van der Waals surface area contributed by atoms with Gasteiger partial charge >= 0.3 is 6.03 Å². The second kappa shape index (κ2) is 8.47. The Balaban J connectivity index is 1.53. The summed E-state index contributed by atoms with van der Waals surface area (Å²) in [6.07, 6.45) is 6.63. The zero-order valence-corrected chi connectivity index (χ0v) is 15.4. The molecule has 0 radical (unpaired) electrons. The highest BCUT2D eigenvalue weighted by Gasteiger charge is 2.09. The number of thiazole rings is 1. The number of halogens is 1. The van der Waals surface area contributed by atoms with Crippen LogP contribution in [0.4, 0.5) is 9.93 Å². The molecule has 26 heavy (non-hydrogen) atoms. The molecular weight excluding hydrogens is 372 g/mol. The molecule has 3 rings (SSSR count). The number of hydrogen-bond acceptors (Lipinski definition) is 5. The molecule has 2 N–H and O–H groups in total. The molecule has 0 spiro atoms. The van der Waals surface area contributed by atoms with Crippen molar-refractivity contribution in [1.82, 2.24) is 25.1 Å². The number of nitrogens with one attached hydrogen (secondary N) is 2. The summed E-state index contributed by atoms with van der Waals surface area (Å²) < 4.78 is 1.66. The molecule has 0 aliphatic heterocycles. The molecule has 0 unspecified atom stereocenters. The number of anilines is 1. The second-order valence-corrected chi connectivity index (χ2v) is 6.66. The van der Waals surface area contributed by atoms with Crippen LogP contribution in [0.15, 0.2) is 36.9 Å². The number of aromatic nitrogens is 4. The summed E-state index contributed by atoms with van der Waals surface area (Å²) in [6, 6.07) is 3.34. The number of carbonyl (C=O) groups is 1. The van der Waals surface area contributed by atoms with E-state index < -0.39 is 0 Å². The number of rotatable bonds is 4. The average molecular weight is 387 g/mol. The fourth-order valence-electron chi connectivity index (χ4n) is 2.02. The summed E-state index contributed by atoms with van der Waals surface area (Å²) in [7, 11) is 0. The largest absolute Gasteiger partial charge is 0.336 e. The Morgan fingerprint density at radius 2 is 2.15 bits per heavy atom. The molecular formula is C17H15ClN6OS. The Morgan fingerprint density at radius 1 is 1.35 bits per heavy atom. The Bertz CT molecular complexity index is 957. The molecule has 0 aliphatic rings. The first-order valence-electron chi connectivity index (χ1n) is 7.72. The number of carbonyl (C=O) groups excluding carboxylic acids is 1. The van der Waals surface area contributed by atoms with E-state index in [-0.39, 0.29) is 6.03 Å². The van der Waals surface area contributed by atoms with Crippen molar-refractivity contribution in [3.63, 3.8) is 0 Å². The van der Waals surface area contributed by atoms with Crippen molar-refractivity contribution in [2.45, 2.75) is 13.5 Å². The molecule has 7 nitrogen and oxygen atoms in total. The molecule has 0 bridgehead atoms. The molecule has 0 atom stereocenters. The second-order valence-electron chi connectivity index (χ2n) is 5.22. The van der Waals surface area contributed by atoms with Gasteiger partial charge in [0, 0.05) is 30.7 Å². The lowest BCUT2D eigenvalue weighted by molar-refractivity contribution is 0.251. The van der Waals surface area contributed by atoms with Crippen LogP contribution in [0, 0.1) is 18.8 Å². The van der Waals surface area contributed by atoms with Gasteiger partial charge in [0.05, 0.1) is 23.5 Å². The first kappa shape index (κ1) is 17.9. The summed E-state index contributed by atoms with van der Waals surface area (Å²) in [4.78, 5) is 21.0. The van der Waals surface area contributed by atoms with Crippen molar-refractivity contribution in [1.29, 1.82) is 0 Å². The summed E-state index contributed by atoms with van der Waals surface area (Å²) in [5.74, 6) is 6.13. The lowest BCUT2D eigenvalue weighted by atomic mass is 10.2. The van der Waals surface area contributed by atoms with Crippen molar-refractivity contribution in [3.8, 4) is 11.8 Å². The third kappa shape index (κ3) is 5.05. The quantitative estimate of drug-likeness (QED) is 0.675. The van der Waals surface area contributed by atoms with Crippen molar-refractivity contribution < 1.29 is 4.79 Å². The molecule has 0 aliphatic carbocycles. The van der Waals surface area contributed by atoms with E-state index in [1.54, 1.807) is 29.5 Å². The van der Waals surface area contributed by atoms with Crippen LogP contribution in [0.2, 0.25) is 5.02 Å². The number of nitrogens with zero attached hydrogens (tertiary/aromatic N) is 4. The minimum atomic E-state index is -0.328. The Kier molecular flexibility index (Phi) is 5.84. The Morgan fingerprint density at radius 3 is 2.88 bits per heavy atom. The molecule has 0 saturated heterocycles. The predicted octanol–water partition coefficient (Wildman–Crippen LogP) is 2.92. The fraction of sp³-hybridized carbons (Fsp3) is 0.176. The lowest BCUT2D eigenvalue weighted by Gasteiger charge is -2.05. The van der Waals surface area contributed by atoms with Gasteiger partial charge in [-0.05, 0) is 25.0 Å². The van der Waals surface area contributed by atoms with Crippen LogP contribution in [-0.2, 0) is 6.54 Å². The number of hydrogen-bond donors (Lipinski definition) is 2. The summed E-state index contributed by atoms with van der Waals surface area (Å²) in [5.41, 5.74) is 1.65. The molecule has 0 fully saturated rings. The number of aryl methyl sites for hydroxylation is 1. The van der Waals surface area contributed by atoms with E-state index in [1.165, 1.54) is 11.3 Å². The van der Waals surface area contributed by atoms with E-state index in [2.05, 4.69) is 37.5 Å². The first-order valence-corrected chi connectivity index (χ1v) is 8.92. The van der Waals surface area contributed by atoms with Gasteiger partial charge in [-0.2, -0.15) is 5.10 Å². The first-order chi connectivity index (χ1) is 12.6. The summed E-state index contributed by atoms with van der Waals surface area (Å²) in [5, 5.41) is 10.6. The minimum absolute atomic E-state index is 0.328. The van der Waals surface area contributed by atoms with Crippen molar-refractivity contribution in [3.05, 3.63) is 58.1 Å². The third-order valence-electron chi connectivity index (χ3n) is 3.25. The van der Waals surface area contributed by atoms with Crippen molar-refractivity contribution in [2.24, 2.45) is 0 Å². The van der Waals surface area contributed by atoms with Crippen LogP contribution in [0.3, 0.4) is 0 Å². The topological polar surface area (TPSA) is 84.7 Å². The molecule has 0 saturated carbocycles. The van der Waals surface area contributed by atoms with Gasteiger partial charge in [-0.25, -0.2) is 9.78 Å². The SMILES string of the molecule is Cc1nc(NC(=O)NCCn2cc(Cl)cn2)sc1C#Cc1ccncc1. The zero-order chi connectivity index (χ0) is 18.4. The molecule has 3 aromatic heterocycles. The van der Waals surface area contributed by atoms with Gasteiger partial charge in [-0.15, -0.1) is 0 Å². The molecule has 2 amide bonds. The van der Waals surface area contributed by atoms with Crippen molar-refractivity contribution >= 4 is 34.1 Å². The third-order valence-corrected chi connectivity index (χ3v) is 4.43. The van der Waals surface area contributed by atoms with Gasteiger partial charge < -0.3 is 5.32 Å². The predicted molar refractivity (Wildman–Crippen MR) is 101 cm³/mol. The highest BCUT2D eigenvalue weighted by Crippen LogP contribution is 2.21. The maximum Gasteiger partial charge on any atom is 0.321 e. The maximum absolute atomic E-state index is 12.0. The van der Waals surface area contributed by atoms with Gasteiger partial charge in [0.2, 0.25) is 0 Å². The van der Waals surface area contributed by atoms with Gasteiger partial charge in [0.25, 0.3) is 0 Å². The van der Waals surface area contributed by atoms with Gasteiger partial charge in [0.15, 0.2) is 5.13 Å². The van der Waals surface area contributed by atoms with Crippen LogP contribution < -0.4 is 10.6 Å². The maximum atomic E-state index is 12.0. The highest BCUT2D eigenvalue weighted by molar-refractivity contribution is 7.16. The Labute approximate surface area is 159 Å². The highest BCUT2D eigenvalue weighted by atomic mass is 35.5. The Hall–Kier alpha value is -2.89. The van der Waals surface area contributed by atoms with E-state index in [4.69, 9.17) is 11.6 Å². The average Bonchev–Trinajstić information content (AvgIpc) is 3.19. The fourth-order valence-corrected chi connectivity index (χ4v) is 2.99. The molecule has 9 heteroatoms. The van der Waals surface area contributed by atoms with E-state index in [1.807, 2.05) is 19.1 Å². The van der Waals surface area contributed by atoms with E-state index >= 15 is 0 Å². The van der Waals surface area contributed by atoms with Crippen molar-refractivity contribution in [2.75, 3.05) is 11.9 Å². The normalized spacial score (nSPS) is 10.1. The van der Waals surface area contributed by atoms with Gasteiger partial charge in [-0.1, -0.05) is 28.9 Å². The van der Waals surface area contributed by atoms with Crippen LogP contribution in [0.5, 0.6) is 0 Å². The van der Waals surface area contributed by atoms with Crippen LogP contribution in [0.25, 0.3) is 0 Å². The van der Waals surface area contributed by atoms with E-state index in [0.717, 1.165) is 16.1 Å². The number of pyridine rings is 1. The minimum Gasteiger partial charge on any atom is -0.336 e. The summed E-state index contributed by atoms with van der Waals surface area (Å²) >= 11 is 7.12. The van der Waals surface area contributed by atoms with Crippen LogP contribution in [-0.4, -0.2) is 32.3 Å². The number of amides is 2. The van der Waals surface area contributed by atoms with Gasteiger partial charge in [0.1, 0.15) is 4.88 Å².